The fourth-order valence-corrected chi connectivity index (χ4v) is 1.74. The molecule has 0 aliphatic carbocycles. The first-order valence-electron chi connectivity index (χ1n) is 6.32. The van der Waals surface area contributed by atoms with Gasteiger partial charge in [0.15, 0.2) is 0 Å². The number of nitriles is 1. The minimum atomic E-state index is 0.152. The van der Waals surface area contributed by atoms with Crippen molar-refractivity contribution < 1.29 is 4.74 Å². The van der Waals surface area contributed by atoms with Crippen molar-refractivity contribution in [3.63, 3.8) is 0 Å². The van der Waals surface area contributed by atoms with Crippen LogP contribution in [0.25, 0.3) is 0 Å². The Morgan fingerprint density at radius 2 is 1.90 bits per heavy atom. The lowest BCUT2D eigenvalue weighted by molar-refractivity contribution is 0.242. The van der Waals surface area contributed by atoms with E-state index in [9.17, 15) is 0 Å². The molecule has 0 saturated heterocycles. The van der Waals surface area contributed by atoms with Crippen molar-refractivity contribution in [3.8, 4) is 11.8 Å². The summed E-state index contributed by atoms with van der Waals surface area (Å²) in [6, 6.07) is 11.4. The molecule has 20 heavy (non-hydrogen) atoms. The highest BCUT2D eigenvalue weighted by atomic mass is 16.5. The van der Waals surface area contributed by atoms with Crippen LogP contribution >= 0.6 is 0 Å². The molecule has 0 atom stereocenters. The normalized spacial score (nSPS) is 10.2. The molecule has 0 saturated carbocycles. The largest absolute Gasteiger partial charge is 0.491 e. The van der Waals surface area contributed by atoms with Gasteiger partial charge in [-0.15, -0.1) is 0 Å². The summed E-state index contributed by atoms with van der Waals surface area (Å²) in [6.07, 6.45) is 1.54. The molecule has 1 heterocycles. The molecule has 0 aliphatic rings. The maximum absolute atomic E-state index is 8.86. The van der Waals surface area contributed by atoms with E-state index in [0.717, 1.165) is 11.4 Å². The minimum absolute atomic E-state index is 0.152. The van der Waals surface area contributed by atoms with E-state index >= 15 is 0 Å². The molecule has 5 heteroatoms. The predicted octanol–water partition coefficient (Wildman–Crippen LogP) is 2.90. The van der Waals surface area contributed by atoms with E-state index in [1.165, 1.54) is 6.33 Å². The molecule has 0 radical (unpaired) electrons. The van der Waals surface area contributed by atoms with Gasteiger partial charge in [-0.2, -0.15) is 5.26 Å². The first-order chi connectivity index (χ1) is 9.60. The molecule has 0 aliphatic heterocycles. The van der Waals surface area contributed by atoms with Crippen LogP contribution in [-0.4, -0.2) is 23.1 Å². The van der Waals surface area contributed by atoms with Gasteiger partial charge in [-0.3, -0.25) is 0 Å². The van der Waals surface area contributed by atoms with Gasteiger partial charge < -0.3 is 9.64 Å². The predicted molar refractivity (Wildman–Crippen MR) is 77.0 cm³/mol. The standard InChI is InChI=1S/C15H16N4O/c1-11(2)20-14-6-4-13(5-7-14)19(3)15-8-12(9-16)17-10-18-15/h4-8,10-11H,1-3H3. The number of hydrogen-bond donors (Lipinski definition) is 0. The van der Waals surface area contributed by atoms with E-state index in [-0.39, 0.29) is 6.10 Å². The Hall–Kier alpha value is -2.61. The molecule has 0 fully saturated rings. The van der Waals surface area contributed by atoms with Crippen molar-refractivity contribution >= 4 is 11.5 Å². The molecule has 0 spiro atoms. The third kappa shape index (κ3) is 3.23. The first-order valence-corrected chi connectivity index (χ1v) is 6.32. The van der Waals surface area contributed by atoms with Gasteiger partial charge in [0.05, 0.1) is 6.10 Å². The van der Waals surface area contributed by atoms with Crippen LogP contribution in [0.1, 0.15) is 19.5 Å². The highest BCUT2D eigenvalue weighted by Crippen LogP contribution is 2.24. The molecule has 0 unspecified atom stereocenters. The Bertz CT molecular complexity index is 617. The molecule has 0 amide bonds. The van der Waals surface area contributed by atoms with Gasteiger partial charge in [0.2, 0.25) is 0 Å². The number of rotatable bonds is 4. The molecule has 1 aromatic carbocycles. The van der Waals surface area contributed by atoms with Crippen LogP contribution in [0, 0.1) is 11.3 Å². The molecule has 0 bridgehead atoms. The summed E-state index contributed by atoms with van der Waals surface area (Å²) in [5, 5.41) is 8.86. The zero-order chi connectivity index (χ0) is 14.5. The van der Waals surface area contributed by atoms with Crippen LogP contribution < -0.4 is 9.64 Å². The summed E-state index contributed by atoms with van der Waals surface area (Å²) in [5.41, 5.74) is 1.31. The smallest absolute Gasteiger partial charge is 0.145 e. The van der Waals surface area contributed by atoms with Gasteiger partial charge in [-0.25, -0.2) is 9.97 Å². The Labute approximate surface area is 118 Å². The average Bonchev–Trinajstić information content (AvgIpc) is 2.47. The summed E-state index contributed by atoms with van der Waals surface area (Å²) in [5.74, 6) is 1.51. The first kappa shape index (κ1) is 13.8. The maximum Gasteiger partial charge on any atom is 0.145 e. The van der Waals surface area contributed by atoms with Gasteiger partial charge >= 0.3 is 0 Å². The van der Waals surface area contributed by atoms with Crippen molar-refractivity contribution in [2.45, 2.75) is 20.0 Å². The molecular weight excluding hydrogens is 252 g/mol. The van der Waals surface area contributed by atoms with E-state index in [1.807, 2.05) is 56.1 Å². The molecule has 2 rings (SSSR count). The van der Waals surface area contributed by atoms with Crippen LogP contribution in [0.2, 0.25) is 0 Å². The Balaban J connectivity index is 2.20. The van der Waals surface area contributed by atoms with Crippen LogP contribution in [0.15, 0.2) is 36.7 Å². The Kier molecular flexibility index (Phi) is 4.16. The number of ether oxygens (including phenoxy) is 1. The lowest BCUT2D eigenvalue weighted by atomic mass is 10.2. The number of anilines is 2. The SMILES string of the molecule is CC(C)Oc1ccc(N(C)c2cc(C#N)ncn2)cc1. The van der Waals surface area contributed by atoms with Crippen LogP contribution in [-0.2, 0) is 0 Å². The highest BCUT2D eigenvalue weighted by molar-refractivity contribution is 5.60. The van der Waals surface area contributed by atoms with Crippen molar-refractivity contribution in [2.24, 2.45) is 0 Å². The molecule has 5 nitrogen and oxygen atoms in total. The molecule has 2 aromatic rings. The van der Waals surface area contributed by atoms with Gasteiger partial charge in [0, 0.05) is 18.8 Å². The van der Waals surface area contributed by atoms with Crippen molar-refractivity contribution in [2.75, 3.05) is 11.9 Å². The van der Waals surface area contributed by atoms with Crippen molar-refractivity contribution in [1.82, 2.24) is 9.97 Å². The molecular formula is C15H16N4O. The summed E-state index contributed by atoms with van der Waals surface area (Å²) in [6.45, 7) is 3.98. The molecule has 0 N–H and O–H groups in total. The second-order valence-corrected chi connectivity index (χ2v) is 4.59. The van der Waals surface area contributed by atoms with Crippen molar-refractivity contribution in [1.29, 1.82) is 5.26 Å². The molecule has 1 aromatic heterocycles. The van der Waals surface area contributed by atoms with Gasteiger partial charge in [0.25, 0.3) is 0 Å². The number of benzene rings is 1. The average molecular weight is 268 g/mol. The topological polar surface area (TPSA) is 62.0 Å². The van der Waals surface area contributed by atoms with E-state index in [0.29, 0.717) is 11.5 Å². The summed E-state index contributed by atoms with van der Waals surface area (Å²) in [7, 11) is 1.89. The van der Waals surface area contributed by atoms with Crippen molar-refractivity contribution in [3.05, 3.63) is 42.4 Å². The molecule has 102 valence electrons. The Morgan fingerprint density at radius 1 is 1.20 bits per heavy atom. The van der Waals surface area contributed by atoms with Gasteiger partial charge in [-0.05, 0) is 38.1 Å². The third-order valence-corrected chi connectivity index (χ3v) is 2.71. The van der Waals surface area contributed by atoms with E-state index < -0.39 is 0 Å². The monoisotopic (exact) mass is 268 g/mol. The van der Waals surface area contributed by atoms with Crippen LogP contribution in [0.3, 0.4) is 0 Å². The number of aromatic nitrogens is 2. The van der Waals surface area contributed by atoms with E-state index in [1.54, 1.807) is 6.07 Å². The highest BCUT2D eigenvalue weighted by Gasteiger charge is 2.07. The zero-order valence-corrected chi connectivity index (χ0v) is 11.7. The maximum atomic E-state index is 8.86. The fraction of sp³-hybridized carbons (Fsp3) is 0.267. The minimum Gasteiger partial charge on any atom is -0.491 e. The quantitative estimate of drug-likeness (QED) is 0.853. The van der Waals surface area contributed by atoms with Crippen LogP contribution in [0.5, 0.6) is 5.75 Å². The summed E-state index contributed by atoms with van der Waals surface area (Å²) in [4.78, 5) is 9.92. The second kappa shape index (κ2) is 6.02. The van der Waals surface area contributed by atoms with E-state index in [2.05, 4.69) is 9.97 Å². The summed E-state index contributed by atoms with van der Waals surface area (Å²) < 4.78 is 5.60. The second-order valence-electron chi connectivity index (χ2n) is 4.59. The lowest BCUT2D eigenvalue weighted by Gasteiger charge is -2.18. The zero-order valence-electron chi connectivity index (χ0n) is 11.7. The fourth-order valence-electron chi connectivity index (χ4n) is 1.74. The number of nitrogens with zero attached hydrogens (tertiary/aromatic N) is 4. The lowest BCUT2D eigenvalue weighted by Crippen LogP contribution is -2.12. The van der Waals surface area contributed by atoms with Gasteiger partial charge in [-0.1, -0.05) is 0 Å². The summed E-state index contributed by atoms with van der Waals surface area (Å²) >= 11 is 0. The van der Waals surface area contributed by atoms with Gasteiger partial charge in [0.1, 0.15) is 29.7 Å². The van der Waals surface area contributed by atoms with E-state index in [4.69, 9.17) is 10.00 Å². The van der Waals surface area contributed by atoms with Crippen LogP contribution in [0.4, 0.5) is 11.5 Å². The Morgan fingerprint density at radius 3 is 2.50 bits per heavy atom. The number of hydrogen-bond acceptors (Lipinski definition) is 5. The third-order valence-electron chi connectivity index (χ3n) is 2.71.